The Kier molecular flexibility index (Phi) is 4.76. The minimum absolute atomic E-state index is 0.0559. The molecule has 0 saturated heterocycles. The Morgan fingerprint density at radius 2 is 2.33 bits per heavy atom. The van der Waals surface area contributed by atoms with Gasteiger partial charge in [-0.3, -0.25) is 9.59 Å². The van der Waals surface area contributed by atoms with Gasteiger partial charge in [-0.2, -0.15) is 5.10 Å². The molecular weight excluding hydrogens is 334 g/mol. The summed E-state index contributed by atoms with van der Waals surface area (Å²) in [6.07, 6.45) is 5.14. The number of halogens is 1. The van der Waals surface area contributed by atoms with E-state index in [4.69, 9.17) is 6.42 Å². The second-order valence-corrected chi connectivity index (χ2v) is 5.52. The molecule has 2 rings (SSSR count). The lowest BCUT2D eigenvalue weighted by molar-refractivity contribution is -0.126. The highest BCUT2D eigenvalue weighted by molar-refractivity contribution is 9.10. The maximum Gasteiger partial charge on any atom is 0.256 e. The summed E-state index contributed by atoms with van der Waals surface area (Å²) in [7, 11) is 0. The van der Waals surface area contributed by atoms with Crippen molar-refractivity contribution in [2.75, 3.05) is 11.6 Å². The van der Waals surface area contributed by atoms with Crippen LogP contribution in [0.25, 0.3) is 0 Å². The molecule has 0 fully saturated rings. The number of hydrogen-bond donors (Lipinski definition) is 1. The third kappa shape index (κ3) is 3.50. The van der Waals surface area contributed by atoms with Crippen LogP contribution in [0, 0.1) is 18.3 Å². The van der Waals surface area contributed by atoms with Gasteiger partial charge in [-0.1, -0.05) is 27.9 Å². The molecule has 1 unspecified atom stereocenters. The highest BCUT2D eigenvalue weighted by Crippen LogP contribution is 2.27. The first kappa shape index (κ1) is 15.3. The van der Waals surface area contributed by atoms with Gasteiger partial charge in [0.15, 0.2) is 0 Å². The van der Waals surface area contributed by atoms with Crippen molar-refractivity contribution in [2.45, 2.75) is 13.3 Å². The normalized spacial score (nSPS) is 17.4. The third-order valence-electron chi connectivity index (χ3n) is 3.10. The van der Waals surface area contributed by atoms with Gasteiger partial charge in [0, 0.05) is 16.6 Å². The summed E-state index contributed by atoms with van der Waals surface area (Å²) in [4.78, 5) is 24.1. The number of nitrogens with zero attached hydrogens (tertiary/aromatic N) is 2. The van der Waals surface area contributed by atoms with Crippen LogP contribution in [0.1, 0.15) is 13.3 Å². The Hall–Kier alpha value is -2.13. The average molecular weight is 348 g/mol. The molecule has 0 saturated carbocycles. The zero-order valence-electron chi connectivity index (χ0n) is 11.5. The van der Waals surface area contributed by atoms with Gasteiger partial charge >= 0.3 is 0 Å². The van der Waals surface area contributed by atoms with Crippen molar-refractivity contribution in [1.29, 1.82) is 0 Å². The molecule has 21 heavy (non-hydrogen) atoms. The second kappa shape index (κ2) is 6.55. The van der Waals surface area contributed by atoms with E-state index < -0.39 is 5.92 Å². The van der Waals surface area contributed by atoms with E-state index >= 15 is 0 Å². The number of hydrazone groups is 1. The van der Waals surface area contributed by atoms with Crippen LogP contribution in [0.4, 0.5) is 5.69 Å². The zero-order valence-corrected chi connectivity index (χ0v) is 13.1. The molecule has 6 heteroatoms. The van der Waals surface area contributed by atoms with Crippen molar-refractivity contribution in [2.24, 2.45) is 11.0 Å². The number of hydrogen-bond acceptors (Lipinski definition) is 3. The number of anilines is 1. The Bertz CT molecular complexity index is 649. The molecule has 0 bridgehead atoms. The number of carbonyl (C=O) groups excluding carboxylic acids is 2. The fourth-order valence-corrected chi connectivity index (χ4v) is 2.43. The van der Waals surface area contributed by atoms with Gasteiger partial charge in [0.25, 0.3) is 5.91 Å². The van der Waals surface area contributed by atoms with E-state index in [9.17, 15) is 9.59 Å². The Labute approximate surface area is 131 Å². The van der Waals surface area contributed by atoms with Crippen LogP contribution in [-0.2, 0) is 9.59 Å². The molecule has 1 aliphatic rings. The standard InChI is InChI=1S/C15H14BrN3O2/c1-3-7-17-14(20)9-13-10(2)18-19(15(13)21)12-6-4-5-11(16)8-12/h1,4-6,8,13H,7,9H2,2H3,(H,17,20). The van der Waals surface area contributed by atoms with Crippen LogP contribution in [0.3, 0.4) is 0 Å². The molecular formula is C15H14BrN3O2. The van der Waals surface area contributed by atoms with Gasteiger partial charge in [-0.05, 0) is 25.1 Å². The van der Waals surface area contributed by atoms with E-state index in [0.717, 1.165) is 4.47 Å². The maximum atomic E-state index is 12.4. The quantitative estimate of drug-likeness (QED) is 0.846. The van der Waals surface area contributed by atoms with Crippen molar-refractivity contribution in [3.8, 4) is 12.3 Å². The van der Waals surface area contributed by atoms with Crippen molar-refractivity contribution in [3.05, 3.63) is 28.7 Å². The fourth-order valence-electron chi connectivity index (χ4n) is 2.04. The van der Waals surface area contributed by atoms with Crippen molar-refractivity contribution < 1.29 is 9.59 Å². The first-order valence-electron chi connectivity index (χ1n) is 6.37. The summed E-state index contributed by atoms with van der Waals surface area (Å²) in [5, 5.41) is 8.14. The maximum absolute atomic E-state index is 12.4. The van der Waals surface area contributed by atoms with Crippen LogP contribution in [-0.4, -0.2) is 24.1 Å². The van der Waals surface area contributed by atoms with Gasteiger partial charge in [0.05, 0.1) is 18.2 Å². The van der Waals surface area contributed by atoms with E-state index in [1.165, 1.54) is 5.01 Å². The Morgan fingerprint density at radius 3 is 3.00 bits per heavy atom. The largest absolute Gasteiger partial charge is 0.345 e. The summed E-state index contributed by atoms with van der Waals surface area (Å²) >= 11 is 3.36. The molecule has 0 spiro atoms. The Balaban J connectivity index is 2.12. The lowest BCUT2D eigenvalue weighted by atomic mass is 10.00. The predicted molar refractivity (Wildman–Crippen MR) is 84.7 cm³/mol. The highest BCUT2D eigenvalue weighted by Gasteiger charge is 2.35. The summed E-state index contributed by atoms with van der Waals surface area (Å²) in [6, 6.07) is 7.28. The second-order valence-electron chi connectivity index (χ2n) is 4.61. The average Bonchev–Trinajstić information content (AvgIpc) is 2.73. The first-order chi connectivity index (χ1) is 10.0. The molecule has 0 aromatic heterocycles. The van der Waals surface area contributed by atoms with Gasteiger partial charge in [-0.25, -0.2) is 5.01 Å². The van der Waals surface area contributed by atoms with Crippen LogP contribution in [0.2, 0.25) is 0 Å². The SMILES string of the molecule is C#CCNC(=O)CC1C(=O)N(c2cccc(Br)c2)N=C1C. The zero-order chi connectivity index (χ0) is 15.4. The van der Waals surface area contributed by atoms with Crippen LogP contribution < -0.4 is 10.3 Å². The van der Waals surface area contributed by atoms with E-state index in [0.29, 0.717) is 11.4 Å². The van der Waals surface area contributed by atoms with Crippen molar-refractivity contribution >= 4 is 39.1 Å². The van der Waals surface area contributed by atoms with Crippen LogP contribution >= 0.6 is 15.9 Å². The summed E-state index contributed by atoms with van der Waals surface area (Å²) < 4.78 is 0.857. The minimum Gasteiger partial charge on any atom is -0.345 e. The van der Waals surface area contributed by atoms with E-state index in [1.54, 1.807) is 19.1 Å². The summed E-state index contributed by atoms with van der Waals surface area (Å²) in [6.45, 7) is 1.90. The molecule has 0 aliphatic carbocycles. The van der Waals surface area contributed by atoms with E-state index in [2.05, 4.69) is 32.3 Å². The molecule has 1 heterocycles. The van der Waals surface area contributed by atoms with Crippen LogP contribution in [0.5, 0.6) is 0 Å². The number of carbonyl (C=O) groups is 2. The van der Waals surface area contributed by atoms with E-state index in [-0.39, 0.29) is 24.8 Å². The smallest absolute Gasteiger partial charge is 0.256 e. The molecule has 1 atom stereocenters. The number of rotatable bonds is 4. The molecule has 0 radical (unpaired) electrons. The molecule has 2 amide bonds. The van der Waals surface area contributed by atoms with Crippen LogP contribution in [0.15, 0.2) is 33.8 Å². The number of amides is 2. The summed E-state index contributed by atoms with van der Waals surface area (Å²) in [5.74, 6) is 1.32. The highest BCUT2D eigenvalue weighted by atomic mass is 79.9. The van der Waals surface area contributed by atoms with Gasteiger partial charge in [-0.15, -0.1) is 6.42 Å². The molecule has 1 N–H and O–H groups in total. The number of nitrogens with one attached hydrogen (secondary N) is 1. The van der Waals surface area contributed by atoms with Gasteiger partial charge in [0.2, 0.25) is 5.91 Å². The molecule has 108 valence electrons. The predicted octanol–water partition coefficient (Wildman–Crippen LogP) is 1.93. The van der Waals surface area contributed by atoms with E-state index in [1.807, 2.05) is 12.1 Å². The first-order valence-corrected chi connectivity index (χ1v) is 7.17. The summed E-state index contributed by atoms with van der Waals surface area (Å²) in [5.41, 5.74) is 1.29. The fraction of sp³-hybridized carbons (Fsp3) is 0.267. The lowest BCUT2D eigenvalue weighted by Crippen LogP contribution is -2.33. The topological polar surface area (TPSA) is 61.8 Å². The van der Waals surface area contributed by atoms with Gasteiger partial charge in [0.1, 0.15) is 0 Å². The minimum atomic E-state index is -0.540. The lowest BCUT2D eigenvalue weighted by Gasteiger charge is -2.14. The monoisotopic (exact) mass is 347 g/mol. The van der Waals surface area contributed by atoms with Crippen molar-refractivity contribution in [3.63, 3.8) is 0 Å². The molecule has 1 aromatic rings. The molecule has 5 nitrogen and oxygen atoms in total. The molecule has 1 aliphatic heterocycles. The Morgan fingerprint density at radius 1 is 1.57 bits per heavy atom. The number of terminal acetylenes is 1. The number of benzene rings is 1. The van der Waals surface area contributed by atoms with Crippen molar-refractivity contribution in [1.82, 2.24) is 5.32 Å². The third-order valence-corrected chi connectivity index (χ3v) is 3.59. The molecule has 1 aromatic carbocycles. The van der Waals surface area contributed by atoms with Gasteiger partial charge < -0.3 is 5.32 Å².